The molecule has 7 heteroatoms. The molecular weight excluding hydrogens is 426 g/mol. The second-order valence-corrected chi connectivity index (χ2v) is 8.85. The smallest absolute Gasteiger partial charge is 0.279 e. The van der Waals surface area contributed by atoms with Gasteiger partial charge < -0.3 is 0 Å². The number of carbonyl (C=O) groups is 1. The number of para-hydroxylation sites is 2. The van der Waals surface area contributed by atoms with Crippen LogP contribution in [0.25, 0.3) is 22.3 Å². The minimum absolute atomic E-state index is 0.175. The predicted molar refractivity (Wildman–Crippen MR) is 127 cm³/mol. The fourth-order valence-corrected chi connectivity index (χ4v) is 4.84. The number of hydrogen-bond acceptors (Lipinski definition) is 4. The largest absolute Gasteiger partial charge is 0.291 e. The number of thiophene rings is 1. The first-order chi connectivity index (χ1) is 15.2. The van der Waals surface area contributed by atoms with E-state index in [1.54, 1.807) is 28.2 Å². The van der Waals surface area contributed by atoms with Gasteiger partial charge in [-0.15, -0.1) is 11.3 Å². The molecule has 31 heavy (non-hydrogen) atoms. The molecule has 0 fully saturated rings. The number of nitrogens with one attached hydrogen (secondary N) is 1. The van der Waals surface area contributed by atoms with Crippen LogP contribution in [0.3, 0.4) is 0 Å². The summed E-state index contributed by atoms with van der Waals surface area (Å²) in [6.07, 6.45) is 0. The minimum Gasteiger partial charge on any atom is -0.291 e. The summed E-state index contributed by atoms with van der Waals surface area (Å²) < 4.78 is 7.36. The third kappa shape index (κ3) is 3.69. The van der Waals surface area contributed by atoms with Gasteiger partial charge in [-0.1, -0.05) is 42.5 Å². The quantitative estimate of drug-likeness (QED) is 0.376. The van der Waals surface area contributed by atoms with E-state index in [0.717, 1.165) is 21.1 Å². The average Bonchev–Trinajstić information content (AvgIpc) is 3.44. The first-order valence-corrected chi connectivity index (χ1v) is 11.3. The molecule has 2 heterocycles. The molecule has 1 N–H and O–H groups in total. The molecule has 0 spiro atoms. The average molecular weight is 444 g/mol. The summed E-state index contributed by atoms with van der Waals surface area (Å²) in [6, 6.07) is 28.3. The highest BCUT2D eigenvalue weighted by atomic mass is 32.2. The molecule has 2 aromatic heterocycles. The predicted octanol–water partition coefficient (Wildman–Crippen LogP) is 5.28. The van der Waals surface area contributed by atoms with Crippen LogP contribution >= 0.6 is 23.3 Å². The molecule has 0 aliphatic carbocycles. The first kappa shape index (κ1) is 19.4. The molecule has 5 aromatic rings. The highest BCUT2D eigenvalue weighted by molar-refractivity contribution is 7.99. The van der Waals surface area contributed by atoms with Gasteiger partial charge in [-0.25, -0.2) is 9.36 Å². The van der Waals surface area contributed by atoms with E-state index in [1.807, 2.05) is 88.9 Å². The number of amides is 1. The first-order valence-electron chi connectivity index (χ1n) is 9.62. The molecular formula is C24H17N3O2S2. The number of hydrogen-bond donors (Lipinski definition) is 1. The van der Waals surface area contributed by atoms with Gasteiger partial charge in [0.2, 0.25) is 0 Å². The van der Waals surface area contributed by atoms with Gasteiger partial charge in [-0.2, -0.15) is 0 Å². The van der Waals surface area contributed by atoms with Gasteiger partial charge >= 0.3 is 0 Å². The zero-order valence-corrected chi connectivity index (χ0v) is 17.9. The molecule has 0 radical (unpaired) electrons. The van der Waals surface area contributed by atoms with Crippen LogP contribution in [-0.2, 0) is 0 Å². The fourth-order valence-electron chi connectivity index (χ4n) is 3.45. The van der Waals surface area contributed by atoms with E-state index in [-0.39, 0.29) is 11.5 Å². The second-order valence-electron chi connectivity index (χ2n) is 6.80. The maximum atomic E-state index is 13.4. The van der Waals surface area contributed by atoms with Crippen LogP contribution in [0.5, 0.6) is 0 Å². The van der Waals surface area contributed by atoms with Crippen molar-refractivity contribution in [3.05, 3.63) is 112 Å². The van der Waals surface area contributed by atoms with E-state index < -0.39 is 0 Å². The Morgan fingerprint density at radius 3 is 2.13 bits per heavy atom. The lowest BCUT2D eigenvalue weighted by atomic mass is 10.1. The highest BCUT2D eigenvalue weighted by Gasteiger charge is 2.18. The van der Waals surface area contributed by atoms with Crippen LogP contribution in [0.15, 0.2) is 105 Å². The molecule has 5 nitrogen and oxygen atoms in total. The molecule has 0 bridgehead atoms. The molecule has 5 rings (SSSR count). The number of nitrogens with zero attached hydrogens (tertiary/aromatic N) is 2. The van der Waals surface area contributed by atoms with Crippen LogP contribution in [0, 0.1) is 0 Å². The van der Waals surface area contributed by atoms with E-state index in [9.17, 15) is 9.59 Å². The van der Waals surface area contributed by atoms with Gasteiger partial charge in [0, 0.05) is 5.56 Å². The van der Waals surface area contributed by atoms with Crippen molar-refractivity contribution in [1.82, 2.24) is 14.1 Å². The lowest BCUT2D eigenvalue weighted by molar-refractivity contribution is 0.0984. The summed E-state index contributed by atoms with van der Waals surface area (Å²) in [4.78, 5) is 26.1. The van der Waals surface area contributed by atoms with E-state index in [4.69, 9.17) is 0 Å². The lowest BCUT2D eigenvalue weighted by Crippen LogP contribution is -2.20. The Bertz CT molecular complexity index is 1410. The van der Waals surface area contributed by atoms with E-state index in [2.05, 4.69) is 4.72 Å². The summed E-state index contributed by atoms with van der Waals surface area (Å²) in [6.45, 7) is 0. The topological polar surface area (TPSA) is 56.0 Å². The Kier molecular flexibility index (Phi) is 5.19. The standard InChI is InChI=1S/C24H17N3O2S2/c28-23(25-31-22-12-7-15-30-22)17-13-14-21-20(16-17)24(29)27(19-10-5-2-6-11-19)26(21)18-8-3-1-4-9-18/h1-16H,(H,25,28). The Hall–Kier alpha value is -3.55. The number of aromatic nitrogens is 2. The number of rotatable bonds is 5. The lowest BCUT2D eigenvalue weighted by Gasteiger charge is -2.13. The fraction of sp³-hybridized carbons (Fsp3) is 0. The van der Waals surface area contributed by atoms with Crippen molar-refractivity contribution in [1.29, 1.82) is 0 Å². The molecule has 0 unspecified atom stereocenters. The van der Waals surface area contributed by atoms with Crippen molar-refractivity contribution in [2.45, 2.75) is 4.21 Å². The summed E-state index contributed by atoms with van der Waals surface area (Å²) >= 11 is 2.83. The normalized spacial score (nSPS) is 11.0. The molecule has 0 aliphatic rings. The molecule has 1 amide bonds. The molecule has 0 aliphatic heterocycles. The van der Waals surface area contributed by atoms with Crippen molar-refractivity contribution in [3.63, 3.8) is 0 Å². The van der Waals surface area contributed by atoms with Crippen molar-refractivity contribution in [2.75, 3.05) is 0 Å². The molecule has 0 saturated heterocycles. The minimum atomic E-state index is -0.238. The van der Waals surface area contributed by atoms with Gasteiger partial charge in [-0.05, 0) is 65.9 Å². The molecule has 152 valence electrons. The van der Waals surface area contributed by atoms with Crippen LogP contribution in [0.1, 0.15) is 10.4 Å². The summed E-state index contributed by atoms with van der Waals surface area (Å²) in [7, 11) is 0. The van der Waals surface area contributed by atoms with Crippen molar-refractivity contribution in [2.24, 2.45) is 0 Å². The summed E-state index contributed by atoms with van der Waals surface area (Å²) in [5.41, 5.74) is 2.63. The van der Waals surface area contributed by atoms with Gasteiger partial charge in [-0.3, -0.25) is 14.3 Å². The van der Waals surface area contributed by atoms with Crippen LogP contribution < -0.4 is 10.3 Å². The number of carbonyl (C=O) groups excluding carboxylic acids is 1. The van der Waals surface area contributed by atoms with Crippen molar-refractivity contribution >= 4 is 40.1 Å². The van der Waals surface area contributed by atoms with E-state index in [1.165, 1.54) is 11.9 Å². The van der Waals surface area contributed by atoms with Crippen LogP contribution in [0.4, 0.5) is 0 Å². The van der Waals surface area contributed by atoms with Crippen LogP contribution in [-0.4, -0.2) is 15.3 Å². The zero-order valence-electron chi connectivity index (χ0n) is 16.3. The zero-order chi connectivity index (χ0) is 21.2. The number of fused-ring (bicyclic) bond motifs is 1. The SMILES string of the molecule is O=C(NSc1cccs1)c1ccc2c(c1)c(=O)n(-c1ccccc1)n2-c1ccccc1. The summed E-state index contributed by atoms with van der Waals surface area (Å²) in [5, 5.41) is 2.44. The summed E-state index contributed by atoms with van der Waals surface area (Å²) in [5.74, 6) is -0.238. The van der Waals surface area contributed by atoms with Gasteiger partial charge in [0.05, 0.1) is 26.5 Å². The Morgan fingerprint density at radius 2 is 1.48 bits per heavy atom. The van der Waals surface area contributed by atoms with E-state index in [0.29, 0.717) is 10.9 Å². The van der Waals surface area contributed by atoms with Gasteiger partial charge in [0.25, 0.3) is 11.5 Å². The van der Waals surface area contributed by atoms with Crippen molar-refractivity contribution in [3.8, 4) is 11.4 Å². The van der Waals surface area contributed by atoms with Gasteiger partial charge in [0.15, 0.2) is 0 Å². The molecule has 0 saturated carbocycles. The second kappa shape index (κ2) is 8.29. The third-order valence-electron chi connectivity index (χ3n) is 4.85. The number of benzene rings is 3. The van der Waals surface area contributed by atoms with Crippen molar-refractivity contribution < 1.29 is 4.79 Å². The maximum absolute atomic E-state index is 13.4. The molecule has 3 aromatic carbocycles. The Labute approximate surface area is 186 Å². The highest BCUT2D eigenvalue weighted by Crippen LogP contribution is 2.23. The van der Waals surface area contributed by atoms with Crippen LogP contribution in [0.2, 0.25) is 0 Å². The van der Waals surface area contributed by atoms with E-state index >= 15 is 0 Å². The Balaban J connectivity index is 1.63. The Morgan fingerprint density at radius 1 is 0.806 bits per heavy atom. The third-order valence-corrected chi connectivity index (χ3v) is 6.68. The monoisotopic (exact) mass is 443 g/mol. The van der Waals surface area contributed by atoms with Gasteiger partial charge in [0.1, 0.15) is 0 Å². The molecule has 0 atom stereocenters. The maximum Gasteiger partial charge on any atom is 0.279 e.